The number of pyridine rings is 1. The first kappa shape index (κ1) is 30.2. The molecule has 0 N–H and O–H groups in total. The second kappa shape index (κ2) is 12.1. The van der Waals surface area contributed by atoms with Crippen LogP contribution in [-0.4, -0.2) is 24.5 Å². The monoisotopic (exact) mass is 691 g/mol. The first-order valence-corrected chi connectivity index (χ1v) is 17.9. The molecule has 4 heterocycles. The molecule has 0 aliphatic carbocycles. The van der Waals surface area contributed by atoms with Crippen molar-refractivity contribution < 1.29 is 4.42 Å². The van der Waals surface area contributed by atoms with Gasteiger partial charge in [0, 0.05) is 56.3 Å². The Morgan fingerprint density at radius 3 is 1.80 bits per heavy atom. The van der Waals surface area contributed by atoms with Crippen molar-refractivity contribution in [2.45, 2.75) is 0 Å². The summed E-state index contributed by atoms with van der Waals surface area (Å²) in [5.74, 6) is 1.75. The van der Waals surface area contributed by atoms with E-state index < -0.39 is 0 Å². The largest absolute Gasteiger partial charge is 0.456 e. The zero-order valence-corrected chi connectivity index (χ0v) is 28.9. The number of fused-ring (bicyclic) bond motifs is 7. The highest BCUT2D eigenvalue weighted by atomic mass is 16.3. The Morgan fingerprint density at radius 2 is 1.02 bits per heavy atom. The number of aromatic nitrogens is 5. The summed E-state index contributed by atoms with van der Waals surface area (Å²) in [6, 6.07) is 57.0. The van der Waals surface area contributed by atoms with Crippen molar-refractivity contribution in [1.82, 2.24) is 24.5 Å². The lowest BCUT2D eigenvalue weighted by atomic mass is 10.00. The van der Waals surface area contributed by atoms with Gasteiger partial charge in [0.1, 0.15) is 11.2 Å². The van der Waals surface area contributed by atoms with Crippen LogP contribution < -0.4 is 0 Å². The van der Waals surface area contributed by atoms with Crippen LogP contribution in [0.2, 0.25) is 0 Å². The predicted molar refractivity (Wildman–Crippen MR) is 218 cm³/mol. The van der Waals surface area contributed by atoms with E-state index in [0.717, 1.165) is 66.5 Å². The van der Waals surface area contributed by atoms with E-state index >= 15 is 0 Å². The highest BCUT2D eigenvalue weighted by Gasteiger charge is 2.17. The average molecular weight is 692 g/mol. The molecule has 0 unspecified atom stereocenters. The Hall–Kier alpha value is -7.44. The molecule has 0 aliphatic rings. The van der Waals surface area contributed by atoms with Gasteiger partial charge < -0.3 is 8.98 Å². The molecule has 4 aromatic heterocycles. The topological polar surface area (TPSA) is 69.6 Å². The molecule has 252 valence electrons. The van der Waals surface area contributed by atoms with Gasteiger partial charge in [-0.25, -0.2) is 15.0 Å². The molecule has 7 aromatic carbocycles. The zero-order valence-electron chi connectivity index (χ0n) is 28.9. The van der Waals surface area contributed by atoms with Crippen LogP contribution in [0.1, 0.15) is 0 Å². The van der Waals surface area contributed by atoms with Crippen LogP contribution in [0, 0.1) is 0 Å². The molecule has 0 radical (unpaired) electrons. The van der Waals surface area contributed by atoms with Gasteiger partial charge in [-0.2, -0.15) is 0 Å². The molecule has 0 bridgehead atoms. The van der Waals surface area contributed by atoms with E-state index in [9.17, 15) is 0 Å². The SMILES string of the molecule is c1cc(-c2nc(-c3ccc(-c4ccc5ccccc5c4)cc3)nc(-c3ccc4c(c3)oc3ccncc34)n2)cc(-n2c3ccccc3c3ccccc32)c1. The lowest BCUT2D eigenvalue weighted by molar-refractivity contribution is 0.668. The van der Waals surface area contributed by atoms with Crippen molar-refractivity contribution in [3.8, 4) is 51.0 Å². The Morgan fingerprint density at radius 1 is 0.389 bits per heavy atom. The molecule has 11 aromatic rings. The van der Waals surface area contributed by atoms with Crippen LogP contribution in [0.5, 0.6) is 0 Å². The maximum Gasteiger partial charge on any atom is 0.164 e. The summed E-state index contributed by atoms with van der Waals surface area (Å²) in [5.41, 5.74) is 9.80. The van der Waals surface area contributed by atoms with E-state index in [1.165, 1.54) is 21.5 Å². The summed E-state index contributed by atoms with van der Waals surface area (Å²) in [4.78, 5) is 19.6. The Kier molecular flexibility index (Phi) is 6.75. The van der Waals surface area contributed by atoms with E-state index in [4.69, 9.17) is 19.4 Å². The summed E-state index contributed by atoms with van der Waals surface area (Å²) < 4.78 is 8.55. The van der Waals surface area contributed by atoms with Gasteiger partial charge >= 0.3 is 0 Å². The molecule has 0 amide bonds. The minimum Gasteiger partial charge on any atom is -0.456 e. The maximum absolute atomic E-state index is 6.24. The van der Waals surface area contributed by atoms with E-state index in [1.807, 2.05) is 24.4 Å². The van der Waals surface area contributed by atoms with Crippen molar-refractivity contribution in [1.29, 1.82) is 0 Å². The molecule has 0 saturated heterocycles. The van der Waals surface area contributed by atoms with E-state index in [0.29, 0.717) is 17.5 Å². The highest BCUT2D eigenvalue weighted by molar-refractivity contribution is 6.09. The second-order valence-corrected chi connectivity index (χ2v) is 13.6. The third-order valence-corrected chi connectivity index (χ3v) is 10.3. The zero-order chi connectivity index (χ0) is 35.6. The summed E-state index contributed by atoms with van der Waals surface area (Å²) in [6.45, 7) is 0. The second-order valence-electron chi connectivity index (χ2n) is 13.6. The number of rotatable bonds is 5. The third kappa shape index (κ3) is 4.96. The first-order valence-electron chi connectivity index (χ1n) is 17.9. The Balaban J connectivity index is 1.06. The van der Waals surface area contributed by atoms with Gasteiger partial charge in [-0.15, -0.1) is 0 Å². The Labute approximate surface area is 309 Å². The first-order chi connectivity index (χ1) is 26.7. The van der Waals surface area contributed by atoms with Crippen LogP contribution in [0.3, 0.4) is 0 Å². The standard InChI is InChI=1S/C48H29N5O/c1-2-9-33-26-34(21-18-30(33)8-1)31-16-19-32(20-17-31)46-50-47(52-48(51-46)36-22-23-40-41-29-49-25-24-44(41)54-45(40)28-36)35-10-7-11-37(27-35)53-42-14-5-3-12-38(42)39-13-4-6-15-43(39)53/h1-29H. The van der Waals surface area contributed by atoms with Gasteiger partial charge in [0.05, 0.1) is 11.0 Å². The third-order valence-electron chi connectivity index (χ3n) is 10.3. The number of nitrogens with zero attached hydrogens (tertiary/aromatic N) is 5. The average Bonchev–Trinajstić information content (AvgIpc) is 3.79. The van der Waals surface area contributed by atoms with Crippen LogP contribution in [-0.2, 0) is 0 Å². The van der Waals surface area contributed by atoms with Gasteiger partial charge in [-0.05, 0) is 70.4 Å². The lowest BCUT2D eigenvalue weighted by Gasteiger charge is -2.12. The molecule has 0 fully saturated rings. The molecule has 0 saturated carbocycles. The molecule has 0 atom stereocenters. The number of benzene rings is 7. The molecular weight excluding hydrogens is 663 g/mol. The van der Waals surface area contributed by atoms with E-state index in [2.05, 4.69) is 155 Å². The van der Waals surface area contributed by atoms with Gasteiger partial charge in [0.25, 0.3) is 0 Å². The number of furan rings is 1. The Bertz CT molecular complexity index is 3180. The maximum atomic E-state index is 6.24. The van der Waals surface area contributed by atoms with Crippen molar-refractivity contribution in [3.05, 3.63) is 176 Å². The molecule has 6 nitrogen and oxygen atoms in total. The molecule has 0 spiro atoms. The van der Waals surface area contributed by atoms with Gasteiger partial charge in [-0.1, -0.05) is 115 Å². The van der Waals surface area contributed by atoms with Crippen LogP contribution in [0.25, 0.3) is 105 Å². The van der Waals surface area contributed by atoms with Crippen molar-refractivity contribution >= 4 is 54.5 Å². The minimum absolute atomic E-state index is 0.566. The summed E-state index contributed by atoms with van der Waals surface area (Å²) in [6.07, 6.45) is 3.58. The van der Waals surface area contributed by atoms with Crippen molar-refractivity contribution in [2.24, 2.45) is 0 Å². The summed E-state index contributed by atoms with van der Waals surface area (Å²) in [5, 5.41) is 6.85. The fourth-order valence-corrected chi connectivity index (χ4v) is 7.69. The smallest absolute Gasteiger partial charge is 0.164 e. The number of hydrogen-bond acceptors (Lipinski definition) is 5. The summed E-state index contributed by atoms with van der Waals surface area (Å²) in [7, 11) is 0. The van der Waals surface area contributed by atoms with Gasteiger partial charge in [0.2, 0.25) is 0 Å². The molecule has 11 rings (SSSR count). The number of para-hydroxylation sites is 2. The van der Waals surface area contributed by atoms with Crippen LogP contribution >= 0.6 is 0 Å². The minimum atomic E-state index is 0.566. The predicted octanol–water partition coefficient (Wildman–Crippen LogP) is 12.1. The fraction of sp³-hybridized carbons (Fsp3) is 0. The number of hydrogen-bond donors (Lipinski definition) is 0. The highest BCUT2D eigenvalue weighted by Crippen LogP contribution is 2.35. The normalized spacial score (nSPS) is 11.7. The van der Waals surface area contributed by atoms with Crippen molar-refractivity contribution in [2.75, 3.05) is 0 Å². The molecular formula is C48H29N5O. The fourth-order valence-electron chi connectivity index (χ4n) is 7.69. The van der Waals surface area contributed by atoms with Crippen LogP contribution in [0.4, 0.5) is 0 Å². The molecule has 6 heteroatoms. The lowest BCUT2D eigenvalue weighted by Crippen LogP contribution is -2.01. The summed E-state index contributed by atoms with van der Waals surface area (Å²) >= 11 is 0. The van der Waals surface area contributed by atoms with Crippen LogP contribution in [0.15, 0.2) is 181 Å². The van der Waals surface area contributed by atoms with E-state index in [1.54, 1.807) is 6.20 Å². The molecule has 54 heavy (non-hydrogen) atoms. The van der Waals surface area contributed by atoms with Gasteiger partial charge in [0.15, 0.2) is 17.5 Å². The van der Waals surface area contributed by atoms with Gasteiger partial charge in [-0.3, -0.25) is 4.98 Å². The van der Waals surface area contributed by atoms with Crippen molar-refractivity contribution in [3.63, 3.8) is 0 Å². The van der Waals surface area contributed by atoms with E-state index in [-0.39, 0.29) is 0 Å². The quantitative estimate of drug-likeness (QED) is 0.180. The molecule has 0 aliphatic heterocycles.